The highest BCUT2D eigenvalue weighted by atomic mass is 32.1. The highest BCUT2D eigenvalue weighted by Crippen LogP contribution is 2.29. The first-order chi connectivity index (χ1) is 16.0. The number of esters is 1. The number of hydrogen-bond donors (Lipinski definition) is 0. The van der Waals surface area contributed by atoms with Crippen LogP contribution in [0.4, 0.5) is 0 Å². The van der Waals surface area contributed by atoms with Crippen molar-refractivity contribution in [3.63, 3.8) is 0 Å². The van der Waals surface area contributed by atoms with Crippen molar-refractivity contribution < 1.29 is 28.5 Å². The molecule has 33 heavy (non-hydrogen) atoms. The third kappa shape index (κ3) is 5.80. The van der Waals surface area contributed by atoms with Crippen molar-refractivity contribution in [3.8, 4) is 11.5 Å². The lowest BCUT2D eigenvalue weighted by molar-refractivity contribution is 0.0526. The molecule has 0 fully saturated rings. The zero-order valence-corrected chi connectivity index (χ0v) is 20.1. The van der Waals surface area contributed by atoms with Crippen molar-refractivity contribution in [2.24, 2.45) is 4.99 Å². The molecule has 0 saturated heterocycles. The third-order valence-corrected chi connectivity index (χ3v) is 5.74. The summed E-state index contributed by atoms with van der Waals surface area (Å²) in [6, 6.07) is 10.3. The monoisotopic (exact) mass is 472 g/mol. The summed E-state index contributed by atoms with van der Waals surface area (Å²) in [5.74, 6) is 0.300. The Morgan fingerprint density at radius 2 is 1.67 bits per heavy atom. The van der Waals surface area contributed by atoms with Gasteiger partial charge in [-0.25, -0.2) is 4.79 Å². The first kappa shape index (κ1) is 24.5. The van der Waals surface area contributed by atoms with Gasteiger partial charge in [0.15, 0.2) is 16.3 Å². The highest BCUT2D eigenvalue weighted by Gasteiger charge is 2.15. The minimum absolute atomic E-state index is 0.302. The maximum atomic E-state index is 13.0. The molecule has 0 radical (unpaired) electrons. The van der Waals surface area contributed by atoms with Crippen LogP contribution in [-0.2, 0) is 16.0 Å². The van der Waals surface area contributed by atoms with Crippen LogP contribution in [0.1, 0.15) is 41.5 Å². The van der Waals surface area contributed by atoms with E-state index in [-0.39, 0.29) is 5.97 Å². The average molecular weight is 473 g/mol. The molecule has 1 heterocycles. The van der Waals surface area contributed by atoms with Crippen LogP contribution in [-0.4, -0.2) is 50.0 Å². The van der Waals surface area contributed by atoms with Crippen molar-refractivity contribution in [2.75, 3.05) is 33.5 Å². The fourth-order valence-corrected chi connectivity index (χ4v) is 4.33. The molecule has 176 valence electrons. The molecule has 0 bridgehead atoms. The number of nitrogens with zero attached hydrogens (tertiary/aromatic N) is 2. The molecule has 0 aliphatic heterocycles. The van der Waals surface area contributed by atoms with Crippen LogP contribution in [0.15, 0.2) is 41.4 Å². The summed E-state index contributed by atoms with van der Waals surface area (Å²) in [5.41, 5.74) is 1.71. The van der Waals surface area contributed by atoms with E-state index in [0.29, 0.717) is 60.4 Å². The third-order valence-electron chi connectivity index (χ3n) is 4.70. The van der Waals surface area contributed by atoms with Gasteiger partial charge in [0.2, 0.25) is 0 Å². The molecule has 0 atom stereocenters. The van der Waals surface area contributed by atoms with E-state index in [1.807, 2.05) is 24.5 Å². The van der Waals surface area contributed by atoms with E-state index in [1.165, 1.54) is 11.3 Å². The van der Waals surface area contributed by atoms with E-state index in [2.05, 4.69) is 4.99 Å². The Bertz CT molecular complexity index is 1200. The van der Waals surface area contributed by atoms with Crippen molar-refractivity contribution in [1.29, 1.82) is 0 Å². The second-order valence-corrected chi connectivity index (χ2v) is 7.89. The van der Waals surface area contributed by atoms with Crippen LogP contribution in [0.2, 0.25) is 0 Å². The van der Waals surface area contributed by atoms with Gasteiger partial charge in [0, 0.05) is 19.2 Å². The molecule has 3 aromatic rings. The predicted octanol–water partition coefficient (Wildman–Crippen LogP) is 4.06. The van der Waals surface area contributed by atoms with Crippen LogP contribution >= 0.6 is 11.3 Å². The molecule has 0 unspecified atom stereocenters. The van der Waals surface area contributed by atoms with Gasteiger partial charge in [-0.3, -0.25) is 4.79 Å². The zero-order valence-electron chi connectivity index (χ0n) is 19.3. The van der Waals surface area contributed by atoms with E-state index in [0.717, 1.165) is 10.2 Å². The number of fused-ring (bicyclic) bond motifs is 1. The van der Waals surface area contributed by atoms with E-state index in [9.17, 15) is 9.59 Å². The van der Waals surface area contributed by atoms with Gasteiger partial charge in [0.1, 0.15) is 0 Å². The average Bonchev–Trinajstić information content (AvgIpc) is 3.15. The minimum Gasteiger partial charge on any atom is -0.490 e. The maximum absolute atomic E-state index is 13.0. The van der Waals surface area contributed by atoms with E-state index in [4.69, 9.17) is 18.9 Å². The molecule has 0 N–H and O–H groups in total. The number of hydrogen-bond acceptors (Lipinski definition) is 7. The SMILES string of the molecule is CCOC(=O)c1ccc2c(c1)sc(=NC(=O)c1ccc(OCC)c(OCC)c1)n2CCOC. The Balaban J connectivity index is 2.05. The van der Waals surface area contributed by atoms with Gasteiger partial charge in [-0.05, 0) is 57.2 Å². The largest absolute Gasteiger partial charge is 0.490 e. The normalized spacial score (nSPS) is 11.6. The van der Waals surface area contributed by atoms with Gasteiger partial charge in [-0.2, -0.15) is 4.99 Å². The maximum Gasteiger partial charge on any atom is 0.338 e. The lowest BCUT2D eigenvalue weighted by Gasteiger charge is -2.11. The first-order valence-corrected chi connectivity index (χ1v) is 11.6. The number of rotatable bonds is 10. The van der Waals surface area contributed by atoms with Crippen LogP contribution in [0.3, 0.4) is 0 Å². The van der Waals surface area contributed by atoms with Crippen molar-refractivity contribution in [2.45, 2.75) is 27.3 Å². The zero-order chi connectivity index (χ0) is 23.8. The van der Waals surface area contributed by atoms with Crippen LogP contribution < -0.4 is 14.3 Å². The van der Waals surface area contributed by atoms with Crippen LogP contribution in [0, 0.1) is 0 Å². The molecule has 8 nitrogen and oxygen atoms in total. The Morgan fingerprint density at radius 1 is 0.939 bits per heavy atom. The molecule has 0 spiro atoms. The molecule has 0 saturated carbocycles. The number of thiazole rings is 1. The van der Waals surface area contributed by atoms with Gasteiger partial charge < -0.3 is 23.5 Å². The summed E-state index contributed by atoms with van der Waals surface area (Å²) >= 11 is 1.33. The number of benzene rings is 2. The molecule has 1 aromatic heterocycles. The Kier molecular flexibility index (Phi) is 8.62. The smallest absolute Gasteiger partial charge is 0.338 e. The highest BCUT2D eigenvalue weighted by molar-refractivity contribution is 7.16. The Labute approximate surface area is 196 Å². The number of ether oxygens (including phenoxy) is 4. The van der Waals surface area contributed by atoms with Crippen LogP contribution in [0.5, 0.6) is 11.5 Å². The summed E-state index contributed by atoms with van der Waals surface area (Å²) in [4.78, 5) is 30.1. The molecular formula is C24H28N2O6S. The molecule has 1 amide bonds. The number of amides is 1. The van der Waals surface area contributed by atoms with E-state index in [1.54, 1.807) is 44.4 Å². The fourth-order valence-electron chi connectivity index (χ4n) is 3.23. The van der Waals surface area contributed by atoms with Gasteiger partial charge in [-0.1, -0.05) is 11.3 Å². The summed E-state index contributed by atoms with van der Waals surface area (Å²) in [7, 11) is 1.62. The molecule has 0 aliphatic rings. The predicted molar refractivity (Wildman–Crippen MR) is 126 cm³/mol. The molecule has 0 aliphatic carbocycles. The second-order valence-electron chi connectivity index (χ2n) is 6.88. The quantitative estimate of drug-likeness (QED) is 0.414. The van der Waals surface area contributed by atoms with Gasteiger partial charge in [-0.15, -0.1) is 0 Å². The van der Waals surface area contributed by atoms with Crippen molar-refractivity contribution in [1.82, 2.24) is 4.57 Å². The molecule has 9 heteroatoms. The first-order valence-electron chi connectivity index (χ1n) is 10.8. The fraction of sp³-hybridized carbons (Fsp3) is 0.375. The number of aromatic nitrogens is 1. The Morgan fingerprint density at radius 3 is 2.36 bits per heavy atom. The summed E-state index contributed by atoms with van der Waals surface area (Å²) in [6.07, 6.45) is 0. The molecular weight excluding hydrogens is 444 g/mol. The van der Waals surface area contributed by atoms with Crippen molar-refractivity contribution in [3.05, 3.63) is 52.3 Å². The summed E-state index contributed by atoms with van der Waals surface area (Å²) in [6.45, 7) is 7.72. The van der Waals surface area contributed by atoms with Crippen LogP contribution in [0.25, 0.3) is 10.2 Å². The second kappa shape index (κ2) is 11.6. The summed E-state index contributed by atoms with van der Waals surface area (Å²) < 4.78 is 24.3. The minimum atomic E-state index is -0.401. The van der Waals surface area contributed by atoms with Gasteiger partial charge >= 0.3 is 5.97 Å². The standard InChI is InChI=1S/C24H28N2O6S/c1-5-30-19-11-9-16(14-20(19)31-6-2)22(27)25-24-26(12-13-29-4)18-10-8-17(15-21(18)33-24)23(28)32-7-3/h8-11,14-15H,5-7,12-13H2,1-4H3. The lowest BCUT2D eigenvalue weighted by Crippen LogP contribution is -2.19. The topological polar surface area (TPSA) is 88.4 Å². The van der Waals surface area contributed by atoms with Gasteiger partial charge in [0.25, 0.3) is 5.91 Å². The van der Waals surface area contributed by atoms with E-state index >= 15 is 0 Å². The number of carbonyl (C=O) groups excluding carboxylic acids is 2. The number of carbonyl (C=O) groups is 2. The molecule has 3 rings (SSSR count). The summed E-state index contributed by atoms with van der Waals surface area (Å²) in [5, 5.41) is 0. The van der Waals surface area contributed by atoms with E-state index < -0.39 is 5.91 Å². The number of methoxy groups -OCH3 is 1. The molecule has 2 aromatic carbocycles. The van der Waals surface area contributed by atoms with Crippen molar-refractivity contribution >= 4 is 33.4 Å². The van der Waals surface area contributed by atoms with Gasteiger partial charge in [0.05, 0.1) is 42.2 Å². The Hall–Kier alpha value is -3.17. The lowest BCUT2D eigenvalue weighted by atomic mass is 10.2.